The van der Waals surface area contributed by atoms with Gasteiger partial charge in [-0.25, -0.2) is 0 Å². The van der Waals surface area contributed by atoms with Gasteiger partial charge in [-0.1, -0.05) is 56.5 Å². The van der Waals surface area contributed by atoms with Crippen molar-refractivity contribution < 1.29 is 9.90 Å². The van der Waals surface area contributed by atoms with Crippen LogP contribution in [0.25, 0.3) is 0 Å². The van der Waals surface area contributed by atoms with Gasteiger partial charge in [-0.2, -0.15) is 0 Å². The first-order valence-corrected chi connectivity index (χ1v) is 6.78. The number of aliphatic carboxylic acids is 1. The second-order valence-electron chi connectivity index (χ2n) is 5.81. The Morgan fingerprint density at radius 1 is 1.17 bits per heavy atom. The van der Waals surface area contributed by atoms with Crippen molar-refractivity contribution >= 4 is 5.97 Å². The summed E-state index contributed by atoms with van der Waals surface area (Å²) in [5.41, 5.74) is 1.75. The highest BCUT2D eigenvalue weighted by Gasteiger charge is 2.58. The van der Waals surface area contributed by atoms with Gasteiger partial charge >= 0.3 is 5.97 Å². The molecule has 0 heterocycles. The van der Waals surface area contributed by atoms with Crippen LogP contribution in [0.15, 0.2) is 24.3 Å². The zero-order chi connectivity index (χ0) is 13.4. The maximum atomic E-state index is 11.7. The number of rotatable bonds is 4. The van der Waals surface area contributed by atoms with Crippen molar-refractivity contribution in [1.29, 1.82) is 0 Å². The lowest BCUT2D eigenvalue weighted by atomic mass is 9.48. The Labute approximate surface area is 109 Å². The molecule has 0 atom stereocenters. The summed E-state index contributed by atoms with van der Waals surface area (Å²) < 4.78 is 0. The molecule has 1 saturated carbocycles. The van der Waals surface area contributed by atoms with Gasteiger partial charge in [0.05, 0.1) is 5.41 Å². The van der Waals surface area contributed by atoms with Crippen molar-refractivity contribution in [3.63, 3.8) is 0 Å². The number of carboxylic acid groups (broad SMARTS) is 1. The molecule has 1 aromatic rings. The van der Waals surface area contributed by atoms with Crippen LogP contribution in [0, 0.1) is 12.3 Å². The fourth-order valence-corrected chi connectivity index (χ4v) is 3.33. The summed E-state index contributed by atoms with van der Waals surface area (Å²) in [7, 11) is 0. The summed E-state index contributed by atoms with van der Waals surface area (Å²) in [4.78, 5) is 11.7. The molecule has 0 radical (unpaired) electrons. The zero-order valence-corrected chi connectivity index (χ0v) is 11.5. The van der Waals surface area contributed by atoms with Gasteiger partial charge in [-0.15, -0.1) is 0 Å². The van der Waals surface area contributed by atoms with Crippen molar-refractivity contribution in [1.82, 2.24) is 0 Å². The Hall–Kier alpha value is -1.31. The minimum Gasteiger partial charge on any atom is -0.481 e. The van der Waals surface area contributed by atoms with Crippen LogP contribution in [-0.4, -0.2) is 11.1 Å². The SMILES string of the molecule is CCC1(CC)CC(C(=O)O)(c2ccc(C)cc2)C1. The average Bonchev–Trinajstić information content (AvgIpc) is 2.31. The molecule has 0 unspecified atom stereocenters. The van der Waals surface area contributed by atoms with Crippen molar-refractivity contribution in [2.45, 2.75) is 51.9 Å². The van der Waals surface area contributed by atoms with Crippen LogP contribution in [0.5, 0.6) is 0 Å². The molecule has 0 saturated heterocycles. The molecule has 98 valence electrons. The van der Waals surface area contributed by atoms with Crippen LogP contribution >= 0.6 is 0 Å². The van der Waals surface area contributed by atoms with Gasteiger partial charge < -0.3 is 5.11 Å². The average molecular weight is 246 g/mol. The first-order chi connectivity index (χ1) is 8.48. The van der Waals surface area contributed by atoms with Gasteiger partial charge in [0.2, 0.25) is 0 Å². The Morgan fingerprint density at radius 2 is 1.67 bits per heavy atom. The van der Waals surface area contributed by atoms with Crippen LogP contribution in [0.3, 0.4) is 0 Å². The third kappa shape index (κ3) is 1.84. The first-order valence-electron chi connectivity index (χ1n) is 6.78. The summed E-state index contributed by atoms with van der Waals surface area (Å²) in [6.45, 7) is 6.37. The van der Waals surface area contributed by atoms with Crippen molar-refractivity contribution in [3.8, 4) is 0 Å². The Bertz CT molecular complexity index is 433. The molecule has 2 heteroatoms. The molecular weight excluding hydrogens is 224 g/mol. The standard InChI is InChI=1S/C16H22O2/c1-4-15(5-2)10-16(11-15,14(17)18)13-8-6-12(3)7-9-13/h6-9H,4-5,10-11H2,1-3H3,(H,17,18). The third-order valence-electron chi connectivity index (χ3n) is 4.87. The smallest absolute Gasteiger partial charge is 0.314 e. The van der Waals surface area contributed by atoms with Gasteiger partial charge in [0.1, 0.15) is 0 Å². The normalized spacial score (nSPS) is 20.2. The van der Waals surface area contributed by atoms with Crippen LogP contribution in [0.1, 0.15) is 50.7 Å². The zero-order valence-electron chi connectivity index (χ0n) is 11.5. The quantitative estimate of drug-likeness (QED) is 0.874. The van der Waals surface area contributed by atoms with E-state index in [0.717, 1.165) is 31.2 Å². The van der Waals surface area contributed by atoms with E-state index >= 15 is 0 Å². The van der Waals surface area contributed by atoms with E-state index in [0.29, 0.717) is 0 Å². The summed E-state index contributed by atoms with van der Waals surface area (Å²) in [5.74, 6) is -0.663. The monoisotopic (exact) mass is 246 g/mol. The van der Waals surface area contributed by atoms with Crippen molar-refractivity contribution in [2.24, 2.45) is 5.41 Å². The maximum absolute atomic E-state index is 11.7. The molecule has 1 aliphatic rings. The highest BCUT2D eigenvalue weighted by molar-refractivity contribution is 5.83. The summed E-state index contributed by atoms with van der Waals surface area (Å²) in [6, 6.07) is 7.99. The highest BCUT2D eigenvalue weighted by Crippen LogP contribution is 2.59. The molecule has 0 bridgehead atoms. The molecule has 0 amide bonds. The van der Waals surface area contributed by atoms with Crippen molar-refractivity contribution in [3.05, 3.63) is 35.4 Å². The van der Waals surface area contributed by atoms with Gasteiger partial charge in [0.25, 0.3) is 0 Å². The van der Waals surface area contributed by atoms with Gasteiger partial charge in [0.15, 0.2) is 0 Å². The molecule has 0 spiro atoms. The predicted molar refractivity (Wildman–Crippen MR) is 72.7 cm³/mol. The van der Waals surface area contributed by atoms with E-state index in [-0.39, 0.29) is 5.41 Å². The van der Waals surface area contributed by atoms with Crippen LogP contribution in [-0.2, 0) is 10.2 Å². The number of benzene rings is 1. The van der Waals surface area contributed by atoms with Gasteiger partial charge in [-0.3, -0.25) is 4.79 Å². The van der Waals surface area contributed by atoms with E-state index in [1.54, 1.807) is 0 Å². The van der Waals surface area contributed by atoms with Crippen molar-refractivity contribution in [2.75, 3.05) is 0 Å². The molecular formula is C16H22O2. The molecule has 18 heavy (non-hydrogen) atoms. The molecule has 1 fully saturated rings. The topological polar surface area (TPSA) is 37.3 Å². The van der Waals surface area contributed by atoms with E-state index in [2.05, 4.69) is 13.8 Å². The molecule has 0 aliphatic heterocycles. The molecule has 1 N–H and O–H groups in total. The molecule has 1 aliphatic carbocycles. The molecule has 1 aromatic carbocycles. The molecule has 0 aromatic heterocycles. The Kier molecular flexibility index (Phi) is 3.22. The van der Waals surface area contributed by atoms with E-state index in [4.69, 9.17) is 0 Å². The second-order valence-corrected chi connectivity index (χ2v) is 5.81. The number of hydrogen-bond donors (Lipinski definition) is 1. The van der Waals surface area contributed by atoms with E-state index < -0.39 is 11.4 Å². The largest absolute Gasteiger partial charge is 0.481 e. The number of carbonyl (C=O) groups is 1. The minimum atomic E-state index is -0.663. The van der Waals surface area contributed by atoms with Crippen LogP contribution < -0.4 is 0 Å². The van der Waals surface area contributed by atoms with Crippen LogP contribution in [0.4, 0.5) is 0 Å². The summed E-state index contributed by atoms with van der Waals surface area (Å²) in [6.07, 6.45) is 3.71. The lowest BCUT2D eigenvalue weighted by Gasteiger charge is -2.54. The first kappa shape index (κ1) is 13.1. The van der Waals surface area contributed by atoms with E-state index in [1.165, 1.54) is 5.56 Å². The minimum absolute atomic E-state index is 0.239. The second kappa shape index (κ2) is 4.42. The maximum Gasteiger partial charge on any atom is 0.314 e. The third-order valence-corrected chi connectivity index (χ3v) is 4.87. The summed E-state index contributed by atoms with van der Waals surface area (Å²) >= 11 is 0. The Balaban J connectivity index is 2.32. The highest BCUT2D eigenvalue weighted by atomic mass is 16.4. The van der Waals surface area contributed by atoms with Gasteiger partial charge in [0, 0.05) is 0 Å². The Morgan fingerprint density at radius 3 is 2.06 bits per heavy atom. The van der Waals surface area contributed by atoms with Crippen LogP contribution in [0.2, 0.25) is 0 Å². The van der Waals surface area contributed by atoms with E-state index in [9.17, 15) is 9.90 Å². The number of aryl methyl sites for hydroxylation is 1. The van der Waals surface area contributed by atoms with E-state index in [1.807, 2.05) is 31.2 Å². The van der Waals surface area contributed by atoms with Gasteiger partial charge in [-0.05, 0) is 30.7 Å². The lowest BCUT2D eigenvalue weighted by molar-refractivity contribution is -0.155. The molecule has 2 rings (SSSR count). The predicted octanol–water partition coefficient (Wildman–Crippen LogP) is 3.92. The fraction of sp³-hybridized carbons (Fsp3) is 0.562. The fourth-order valence-electron chi connectivity index (χ4n) is 3.33. The summed E-state index contributed by atoms with van der Waals surface area (Å²) in [5, 5.41) is 9.63. The lowest BCUT2D eigenvalue weighted by Crippen LogP contribution is -2.54. The molecule has 2 nitrogen and oxygen atoms in total. The number of carboxylic acids is 1. The number of hydrogen-bond acceptors (Lipinski definition) is 1.